The van der Waals surface area contributed by atoms with Gasteiger partial charge in [0.1, 0.15) is 69.3 Å². The Balaban J connectivity index is 0.000000185. The van der Waals surface area contributed by atoms with E-state index in [1.54, 1.807) is 36.4 Å². The van der Waals surface area contributed by atoms with Crippen LogP contribution in [-0.4, -0.2) is 46.9 Å². The van der Waals surface area contributed by atoms with Gasteiger partial charge in [0.05, 0.1) is 26.4 Å². The van der Waals surface area contributed by atoms with Crippen molar-refractivity contribution in [2.75, 3.05) is 26.4 Å². The van der Waals surface area contributed by atoms with Gasteiger partial charge in [-0.3, -0.25) is 0 Å². The maximum absolute atomic E-state index is 14.0. The molecular weight excluding hydrogens is 1310 g/mol. The molecule has 14 aromatic carbocycles. The molecule has 520 valence electrons. The second kappa shape index (κ2) is 31.7. The van der Waals surface area contributed by atoms with Crippen molar-refractivity contribution in [2.24, 2.45) is 0 Å². The fourth-order valence-corrected chi connectivity index (χ4v) is 13.5. The number of hydrogen-bond donors (Lipinski definition) is 4. The van der Waals surface area contributed by atoms with Crippen molar-refractivity contribution in [2.45, 2.75) is 53.4 Å². The molecule has 0 spiro atoms. The minimum Gasteiger partial charge on any atom is -0.507 e. The molecule has 4 N–H and O–H groups in total. The SMILES string of the molecule is Cc1cc(-c2cc(F)cc(F)c2)c(O)c(-c2ccccc2OCCCCOc2ccccc2-c2cc(C)cc(-c3cc(F)cc(F)c3)c2O)c1.Cc1cc(-c2ccccc2OCCCCOc2ccccc2-c2cc(C)cc(-c3cccc4ccccc34)c2O)c(O)c(-c2cccc3ccccc23)c1. The number of halogens is 4. The number of benzene rings is 14. The molecule has 0 radical (unpaired) electrons. The maximum atomic E-state index is 14.0. The van der Waals surface area contributed by atoms with Gasteiger partial charge in [0.15, 0.2) is 0 Å². The van der Waals surface area contributed by atoms with Crippen molar-refractivity contribution < 1.29 is 56.9 Å². The Morgan fingerprint density at radius 2 is 0.452 bits per heavy atom. The third kappa shape index (κ3) is 15.8. The Labute approximate surface area is 602 Å². The summed E-state index contributed by atoms with van der Waals surface area (Å²) in [4.78, 5) is 0. The molecule has 0 bridgehead atoms. The number of hydrogen-bond acceptors (Lipinski definition) is 8. The van der Waals surface area contributed by atoms with Crippen molar-refractivity contribution in [3.05, 3.63) is 312 Å². The molecule has 14 rings (SSSR count). The number of fused-ring (bicyclic) bond motifs is 2. The molecule has 0 fully saturated rings. The summed E-state index contributed by atoms with van der Waals surface area (Å²) in [5.41, 5.74) is 13.8. The molecule has 0 aromatic heterocycles. The number of aromatic hydroxyl groups is 4. The highest BCUT2D eigenvalue weighted by molar-refractivity contribution is 6.01. The summed E-state index contributed by atoms with van der Waals surface area (Å²) in [6.07, 6.45) is 2.82. The van der Waals surface area contributed by atoms with Crippen molar-refractivity contribution in [1.29, 1.82) is 0 Å². The van der Waals surface area contributed by atoms with Gasteiger partial charge < -0.3 is 39.4 Å². The van der Waals surface area contributed by atoms with Crippen LogP contribution in [0.3, 0.4) is 0 Å². The number of aryl methyl sites for hydroxylation is 4. The molecule has 0 saturated carbocycles. The van der Waals surface area contributed by atoms with Crippen molar-refractivity contribution in [3.63, 3.8) is 0 Å². The summed E-state index contributed by atoms with van der Waals surface area (Å²) in [5.74, 6) is -0.153. The molecule has 0 amide bonds. The second-order valence-electron chi connectivity index (χ2n) is 26.0. The Hall–Kier alpha value is -12.3. The third-order valence-corrected chi connectivity index (χ3v) is 18.3. The number of phenolic OH excluding ortho intramolecular Hbond substituents is 4. The van der Waals surface area contributed by atoms with Gasteiger partial charge in [0.25, 0.3) is 0 Å². The van der Waals surface area contributed by atoms with E-state index in [1.807, 2.05) is 159 Å². The summed E-state index contributed by atoms with van der Waals surface area (Å²) in [7, 11) is 0. The van der Waals surface area contributed by atoms with Crippen LogP contribution < -0.4 is 18.9 Å². The van der Waals surface area contributed by atoms with Gasteiger partial charge in [0, 0.05) is 78.9 Å². The molecule has 0 saturated heterocycles. The van der Waals surface area contributed by atoms with Crippen LogP contribution in [0.15, 0.2) is 267 Å². The van der Waals surface area contributed by atoms with Crippen LogP contribution in [0.4, 0.5) is 17.6 Å². The first-order valence-corrected chi connectivity index (χ1v) is 34.7. The molecule has 8 nitrogen and oxygen atoms in total. The fraction of sp³-hybridized carbons (Fsp3) is 0.130. The Bertz CT molecular complexity index is 5090. The zero-order valence-electron chi connectivity index (χ0n) is 58.0. The van der Waals surface area contributed by atoms with Crippen LogP contribution in [0.1, 0.15) is 47.9 Å². The molecule has 0 aliphatic heterocycles. The van der Waals surface area contributed by atoms with Crippen molar-refractivity contribution in [3.8, 4) is 135 Å². The second-order valence-corrected chi connectivity index (χ2v) is 26.0. The summed E-state index contributed by atoms with van der Waals surface area (Å²) in [6, 6.07) is 80.6. The standard InChI is InChI=1S/C50H42O4.C42H34F4O4/c1-33-29-43(39-23-13-17-35-15-3-5-19-37(35)39)49(51)45(31-33)41-21-7-9-25-47(41)53-27-11-12-28-54-48-26-10-8-22-42(48)46-32-34(2)30-44(50(46)52)40-24-14-18-36-16-4-6-20-38(36)40;1-25-15-35(27-19-29(43)23-30(44)20-27)41(47)37(17-25)33-9-3-5-11-39(33)49-13-7-8-14-50-40-12-6-4-10-34(40)38-18-26(2)16-36(42(38)48)28-21-31(45)24-32(46)22-28/h3-10,13-26,29-32,51-52H,11-12,27-28H2,1-2H3;3-6,9-12,15-24,47-48H,7-8,13-14H2,1-2H3. The normalized spacial score (nSPS) is 11.2. The average molecular weight is 1390 g/mol. The number of ether oxygens (including phenoxy) is 4. The van der Waals surface area contributed by atoms with Crippen LogP contribution >= 0.6 is 0 Å². The molecule has 0 unspecified atom stereocenters. The first kappa shape index (κ1) is 70.2. The number of para-hydroxylation sites is 4. The van der Waals surface area contributed by atoms with Crippen LogP contribution in [0.5, 0.6) is 46.0 Å². The van der Waals surface area contributed by atoms with E-state index in [1.165, 1.54) is 24.3 Å². The highest BCUT2D eigenvalue weighted by Crippen LogP contribution is 2.49. The first-order chi connectivity index (χ1) is 50.5. The first-order valence-electron chi connectivity index (χ1n) is 34.7. The Morgan fingerprint density at radius 3 is 0.750 bits per heavy atom. The van der Waals surface area contributed by atoms with Crippen molar-refractivity contribution in [1.82, 2.24) is 0 Å². The molecule has 104 heavy (non-hydrogen) atoms. The van der Waals surface area contributed by atoms with Gasteiger partial charge in [-0.2, -0.15) is 0 Å². The lowest BCUT2D eigenvalue weighted by Crippen LogP contribution is -2.04. The van der Waals surface area contributed by atoms with Crippen LogP contribution in [-0.2, 0) is 0 Å². The summed E-state index contributed by atoms with van der Waals surface area (Å²) < 4.78 is 81.0. The quantitative estimate of drug-likeness (QED) is 0.0392. The lowest BCUT2D eigenvalue weighted by molar-refractivity contribution is 0.267. The van der Waals surface area contributed by atoms with E-state index < -0.39 is 23.3 Å². The zero-order valence-corrected chi connectivity index (χ0v) is 58.0. The molecule has 12 heteroatoms. The smallest absolute Gasteiger partial charge is 0.131 e. The monoisotopic (exact) mass is 1380 g/mol. The fourth-order valence-electron chi connectivity index (χ4n) is 13.5. The van der Waals surface area contributed by atoms with E-state index in [0.29, 0.717) is 84.1 Å². The van der Waals surface area contributed by atoms with E-state index in [0.717, 1.165) is 125 Å². The zero-order chi connectivity index (χ0) is 72.4. The average Bonchev–Trinajstić information content (AvgIpc) is 0.789. The van der Waals surface area contributed by atoms with E-state index in [9.17, 15) is 38.0 Å². The molecular formula is C92H76F4O8. The van der Waals surface area contributed by atoms with E-state index >= 15 is 0 Å². The Kier molecular flexibility index (Phi) is 21.4. The molecule has 0 aliphatic carbocycles. The van der Waals surface area contributed by atoms with E-state index in [2.05, 4.69) is 62.4 Å². The molecule has 0 aliphatic rings. The third-order valence-electron chi connectivity index (χ3n) is 18.3. The number of phenols is 4. The van der Waals surface area contributed by atoms with Gasteiger partial charge in [-0.05, 0) is 216 Å². The number of unbranched alkanes of at least 4 members (excludes halogenated alkanes) is 2. The number of rotatable bonds is 22. The molecule has 14 aromatic rings. The van der Waals surface area contributed by atoms with Gasteiger partial charge in [-0.15, -0.1) is 0 Å². The van der Waals surface area contributed by atoms with E-state index in [4.69, 9.17) is 18.9 Å². The van der Waals surface area contributed by atoms with Gasteiger partial charge >= 0.3 is 0 Å². The summed E-state index contributed by atoms with van der Waals surface area (Å²) >= 11 is 0. The predicted octanol–water partition coefficient (Wildman–Crippen LogP) is 24.1. The minimum absolute atomic E-state index is 0.112. The van der Waals surface area contributed by atoms with Crippen LogP contribution in [0.2, 0.25) is 0 Å². The highest BCUT2D eigenvalue weighted by atomic mass is 19.1. The largest absolute Gasteiger partial charge is 0.507 e. The topological polar surface area (TPSA) is 118 Å². The lowest BCUT2D eigenvalue weighted by Gasteiger charge is -2.17. The van der Waals surface area contributed by atoms with Crippen molar-refractivity contribution >= 4 is 21.5 Å². The highest BCUT2D eigenvalue weighted by Gasteiger charge is 2.23. The lowest BCUT2D eigenvalue weighted by atomic mass is 9.92. The van der Waals surface area contributed by atoms with Gasteiger partial charge in [-0.1, -0.05) is 158 Å². The summed E-state index contributed by atoms with van der Waals surface area (Å²) in [6.45, 7) is 9.50. The molecule has 0 atom stereocenters. The Morgan fingerprint density at radius 1 is 0.231 bits per heavy atom. The van der Waals surface area contributed by atoms with Gasteiger partial charge in [-0.25, -0.2) is 17.6 Å². The van der Waals surface area contributed by atoms with Crippen LogP contribution in [0, 0.1) is 51.0 Å². The maximum Gasteiger partial charge on any atom is 0.131 e. The minimum atomic E-state index is -0.736. The molecule has 0 heterocycles. The predicted molar refractivity (Wildman–Crippen MR) is 410 cm³/mol. The van der Waals surface area contributed by atoms with Crippen LogP contribution in [0.25, 0.3) is 111 Å². The van der Waals surface area contributed by atoms with E-state index in [-0.39, 0.29) is 34.1 Å². The van der Waals surface area contributed by atoms with Gasteiger partial charge in [0.2, 0.25) is 0 Å². The summed E-state index contributed by atoms with van der Waals surface area (Å²) in [5, 5.41) is 50.4.